The standard InChI is InChI=1S/C25H23BrO/c1-24(2)14-25(3,4)20-13-16(8-10-19(20)24)15-9-11-22-18(12-15)17-6-5-7-21(26)23(17)27-22/h5-13H,14H2,1-4H3. The molecule has 136 valence electrons. The summed E-state index contributed by atoms with van der Waals surface area (Å²) >= 11 is 3.60. The van der Waals surface area contributed by atoms with Crippen LogP contribution >= 0.6 is 15.9 Å². The molecule has 0 amide bonds. The van der Waals surface area contributed by atoms with Gasteiger partial charge in [-0.25, -0.2) is 0 Å². The topological polar surface area (TPSA) is 13.1 Å². The Kier molecular flexibility index (Phi) is 3.46. The molecule has 1 aliphatic carbocycles. The normalized spacial score (nSPS) is 17.5. The molecular formula is C25H23BrO. The first-order chi connectivity index (χ1) is 12.8. The molecule has 1 aromatic heterocycles. The van der Waals surface area contributed by atoms with Gasteiger partial charge in [0.05, 0.1) is 4.47 Å². The van der Waals surface area contributed by atoms with E-state index in [1.807, 2.05) is 6.07 Å². The molecule has 27 heavy (non-hydrogen) atoms. The lowest BCUT2D eigenvalue weighted by Gasteiger charge is -2.22. The first-order valence-electron chi connectivity index (χ1n) is 9.52. The molecule has 0 spiro atoms. The molecule has 1 heterocycles. The van der Waals surface area contributed by atoms with Crippen LogP contribution in [0.25, 0.3) is 33.1 Å². The summed E-state index contributed by atoms with van der Waals surface area (Å²) in [5.41, 5.74) is 7.82. The number of furan rings is 1. The zero-order valence-corrected chi connectivity index (χ0v) is 17.8. The molecule has 0 N–H and O–H groups in total. The average molecular weight is 419 g/mol. The highest BCUT2D eigenvalue weighted by Crippen LogP contribution is 2.50. The van der Waals surface area contributed by atoms with Crippen molar-refractivity contribution in [3.05, 3.63) is 70.2 Å². The van der Waals surface area contributed by atoms with Gasteiger partial charge in [-0.05, 0) is 73.6 Å². The largest absolute Gasteiger partial charge is 0.455 e. The molecule has 0 radical (unpaired) electrons. The van der Waals surface area contributed by atoms with E-state index in [1.54, 1.807) is 0 Å². The van der Waals surface area contributed by atoms with Crippen molar-refractivity contribution in [3.8, 4) is 11.1 Å². The minimum Gasteiger partial charge on any atom is -0.455 e. The van der Waals surface area contributed by atoms with Gasteiger partial charge in [0.1, 0.15) is 11.2 Å². The lowest BCUT2D eigenvalue weighted by atomic mass is 9.82. The van der Waals surface area contributed by atoms with Gasteiger partial charge in [-0.2, -0.15) is 0 Å². The maximum absolute atomic E-state index is 6.06. The van der Waals surface area contributed by atoms with Crippen LogP contribution in [0.2, 0.25) is 0 Å². The second-order valence-corrected chi connectivity index (χ2v) is 9.99. The molecule has 4 aromatic rings. The smallest absolute Gasteiger partial charge is 0.149 e. The van der Waals surface area contributed by atoms with Crippen LogP contribution in [-0.4, -0.2) is 0 Å². The highest BCUT2D eigenvalue weighted by Gasteiger charge is 2.41. The van der Waals surface area contributed by atoms with Gasteiger partial charge in [0.15, 0.2) is 0 Å². The summed E-state index contributed by atoms with van der Waals surface area (Å²) in [5.74, 6) is 0. The maximum atomic E-state index is 6.06. The number of rotatable bonds is 1. The number of hydrogen-bond donors (Lipinski definition) is 0. The van der Waals surface area contributed by atoms with Crippen LogP contribution in [0.15, 0.2) is 63.5 Å². The number of halogens is 1. The Hall–Kier alpha value is -2.06. The summed E-state index contributed by atoms with van der Waals surface area (Å²) in [5, 5.41) is 2.33. The highest BCUT2D eigenvalue weighted by atomic mass is 79.9. The van der Waals surface area contributed by atoms with Gasteiger partial charge in [0.25, 0.3) is 0 Å². The number of fused-ring (bicyclic) bond motifs is 4. The predicted octanol–water partition coefficient (Wildman–Crippen LogP) is 7.97. The Morgan fingerprint density at radius 3 is 2.30 bits per heavy atom. The summed E-state index contributed by atoms with van der Waals surface area (Å²) in [6.45, 7) is 9.47. The summed E-state index contributed by atoms with van der Waals surface area (Å²) in [6, 6.07) is 19.8. The Morgan fingerprint density at radius 1 is 0.778 bits per heavy atom. The van der Waals surface area contributed by atoms with Gasteiger partial charge in [0.2, 0.25) is 0 Å². The third-order valence-electron chi connectivity index (χ3n) is 6.14. The Bertz CT molecular complexity index is 1210. The van der Waals surface area contributed by atoms with E-state index in [-0.39, 0.29) is 10.8 Å². The Morgan fingerprint density at radius 2 is 1.48 bits per heavy atom. The molecule has 0 saturated carbocycles. The summed E-state index contributed by atoms with van der Waals surface area (Å²) in [4.78, 5) is 0. The van der Waals surface area contributed by atoms with Crippen molar-refractivity contribution in [3.63, 3.8) is 0 Å². The van der Waals surface area contributed by atoms with Gasteiger partial charge in [0, 0.05) is 10.8 Å². The lowest BCUT2D eigenvalue weighted by molar-refractivity contribution is 0.403. The molecule has 0 aliphatic heterocycles. The van der Waals surface area contributed by atoms with Gasteiger partial charge in [-0.1, -0.05) is 64.1 Å². The lowest BCUT2D eigenvalue weighted by Crippen LogP contribution is -2.17. The van der Waals surface area contributed by atoms with Crippen molar-refractivity contribution < 1.29 is 4.42 Å². The van der Waals surface area contributed by atoms with Crippen molar-refractivity contribution >= 4 is 37.9 Å². The quantitative estimate of drug-likeness (QED) is 0.305. The van der Waals surface area contributed by atoms with Crippen LogP contribution in [0.1, 0.15) is 45.2 Å². The number of hydrogen-bond acceptors (Lipinski definition) is 1. The Balaban J connectivity index is 1.71. The monoisotopic (exact) mass is 418 g/mol. The summed E-state index contributed by atoms with van der Waals surface area (Å²) < 4.78 is 7.06. The predicted molar refractivity (Wildman–Crippen MR) is 118 cm³/mol. The SMILES string of the molecule is CC1(C)CC(C)(C)c2cc(-c3ccc4oc5c(Br)cccc5c4c3)ccc21. The fourth-order valence-corrected chi connectivity index (χ4v) is 5.56. The van der Waals surface area contributed by atoms with Crippen LogP contribution in [0.5, 0.6) is 0 Å². The molecule has 0 atom stereocenters. The van der Waals surface area contributed by atoms with Crippen LogP contribution in [0.3, 0.4) is 0 Å². The van der Waals surface area contributed by atoms with Crippen LogP contribution in [0, 0.1) is 0 Å². The van der Waals surface area contributed by atoms with Gasteiger partial charge < -0.3 is 4.42 Å². The molecule has 1 nitrogen and oxygen atoms in total. The molecule has 0 saturated heterocycles. The fourth-order valence-electron chi connectivity index (χ4n) is 5.11. The van der Waals surface area contributed by atoms with Crippen molar-refractivity contribution in [1.29, 1.82) is 0 Å². The number of benzene rings is 3. The van der Waals surface area contributed by atoms with E-state index >= 15 is 0 Å². The first-order valence-corrected chi connectivity index (χ1v) is 10.3. The molecular weight excluding hydrogens is 396 g/mol. The molecule has 3 aromatic carbocycles. The fraction of sp³-hybridized carbons (Fsp3) is 0.280. The molecule has 2 heteroatoms. The van der Waals surface area contributed by atoms with E-state index in [0.717, 1.165) is 21.0 Å². The van der Waals surface area contributed by atoms with Gasteiger partial charge >= 0.3 is 0 Å². The van der Waals surface area contributed by atoms with Gasteiger partial charge in [-0.3, -0.25) is 0 Å². The average Bonchev–Trinajstić information content (AvgIpc) is 3.08. The highest BCUT2D eigenvalue weighted by molar-refractivity contribution is 9.10. The summed E-state index contributed by atoms with van der Waals surface area (Å²) in [7, 11) is 0. The van der Waals surface area contributed by atoms with E-state index in [4.69, 9.17) is 4.42 Å². The zero-order valence-electron chi connectivity index (χ0n) is 16.2. The van der Waals surface area contributed by atoms with Crippen LogP contribution < -0.4 is 0 Å². The van der Waals surface area contributed by atoms with E-state index in [2.05, 4.69) is 92.2 Å². The Labute approximate surface area is 168 Å². The van der Waals surface area contributed by atoms with Crippen LogP contribution in [0.4, 0.5) is 0 Å². The zero-order chi connectivity index (χ0) is 19.0. The molecule has 0 fully saturated rings. The summed E-state index contributed by atoms with van der Waals surface area (Å²) in [6.07, 6.45) is 1.19. The maximum Gasteiger partial charge on any atom is 0.149 e. The molecule has 5 rings (SSSR count). The van der Waals surface area contributed by atoms with Crippen molar-refractivity contribution in [2.45, 2.75) is 44.9 Å². The van der Waals surface area contributed by atoms with Crippen molar-refractivity contribution in [2.75, 3.05) is 0 Å². The second kappa shape index (κ2) is 5.48. The van der Waals surface area contributed by atoms with Crippen molar-refractivity contribution in [2.24, 2.45) is 0 Å². The third-order valence-corrected chi connectivity index (χ3v) is 6.77. The first kappa shape index (κ1) is 17.1. The van der Waals surface area contributed by atoms with E-state index in [9.17, 15) is 0 Å². The van der Waals surface area contributed by atoms with E-state index in [0.29, 0.717) is 0 Å². The van der Waals surface area contributed by atoms with E-state index in [1.165, 1.54) is 34.1 Å². The van der Waals surface area contributed by atoms with Crippen molar-refractivity contribution in [1.82, 2.24) is 0 Å². The molecule has 1 aliphatic rings. The third kappa shape index (κ3) is 2.50. The minimum absolute atomic E-state index is 0.214. The van der Waals surface area contributed by atoms with Gasteiger partial charge in [-0.15, -0.1) is 0 Å². The minimum atomic E-state index is 0.214. The molecule has 0 unspecified atom stereocenters. The second-order valence-electron chi connectivity index (χ2n) is 9.13. The molecule has 0 bridgehead atoms. The van der Waals surface area contributed by atoms with Crippen LogP contribution in [-0.2, 0) is 10.8 Å². The number of para-hydroxylation sites is 1. The van der Waals surface area contributed by atoms with E-state index < -0.39 is 0 Å².